The zero-order valence-corrected chi connectivity index (χ0v) is 11.2. The third kappa shape index (κ3) is 8.79. The molecule has 0 spiro atoms. The van der Waals surface area contributed by atoms with E-state index in [1.54, 1.807) is 0 Å². The van der Waals surface area contributed by atoms with Gasteiger partial charge in [0.2, 0.25) is 0 Å². The standard InChI is InChI=1S/C10H23ClOSi/c1-10(2)9-13(3,4)12-8-6-5-7-11/h10H,5-9H2,1-4H3. The molecule has 0 fully saturated rings. The van der Waals surface area contributed by atoms with Gasteiger partial charge in [-0.25, -0.2) is 0 Å². The quantitative estimate of drug-likeness (QED) is 0.361. The molecule has 0 aromatic rings. The molecule has 0 saturated carbocycles. The summed E-state index contributed by atoms with van der Waals surface area (Å²) in [4.78, 5) is 0. The van der Waals surface area contributed by atoms with Crippen molar-refractivity contribution in [1.29, 1.82) is 0 Å². The molecule has 0 aromatic heterocycles. The minimum absolute atomic E-state index is 0.759. The van der Waals surface area contributed by atoms with Gasteiger partial charge in [-0.05, 0) is 37.9 Å². The largest absolute Gasteiger partial charge is 0.417 e. The van der Waals surface area contributed by atoms with E-state index in [0.29, 0.717) is 0 Å². The van der Waals surface area contributed by atoms with Gasteiger partial charge in [0.05, 0.1) is 0 Å². The average molecular weight is 223 g/mol. The molecular formula is C10H23ClOSi. The molecule has 0 heterocycles. The summed E-state index contributed by atoms with van der Waals surface area (Å²) in [7, 11) is -1.36. The molecule has 0 bridgehead atoms. The van der Waals surface area contributed by atoms with Crippen molar-refractivity contribution < 1.29 is 4.43 Å². The Hall–Kier alpha value is 0.467. The van der Waals surface area contributed by atoms with E-state index in [2.05, 4.69) is 26.9 Å². The maximum absolute atomic E-state index is 5.92. The molecule has 0 aliphatic heterocycles. The lowest BCUT2D eigenvalue weighted by molar-refractivity contribution is 0.295. The predicted octanol–water partition coefficient (Wildman–Crippen LogP) is 3.88. The van der Waals surface area contributed by atoms with Crippen molar-refractivity contribution in [2.24, 2.45) is 5.92 Å². The van der Waals surface area contributed by atoms with Gasteiger partial charge < -0.3 is 4.43 Å². The van der Waals surface area contributed by atoms with Gasteiger partial charge in [-0.3, -0.25) is 0 Å². The van der Waals surface area contributed by atoms with E-state index in [-0.39, 0.29) is 0 Å². The van der Waals surface area contributed by atoms with E-state index in [1.807, 2.05) is 0 Å². The summed E-state index contributed by atoms with van der Waals surface area (Å²) in [6, 6.07) is 1.26. The summed E-state index contributed by atoms with van der Waals surface area (Å²) in [5.74, 6) is 1.52. The average Bonchev–Trinajstić information content (AvgIpc) is 1.95. The molecule has 3 heteroatoms. The Morgan fingerprint density at radius 3 is 2.31 bits per heavy atom. The van der Waals surface area contributed by atoms with Gasteiger partial charge >= 0.3 is 0 Å². The molecule has 0 atom stereocenters. The smallest absolute Gasteiger partial charge is 0.186 e. The van der Waals surface area contributed by atoms with Crippen LogP contribution in [0.4, 0.5) is 0 Å². The lowest BCUT2D eigenvalue weighted by atomic mass is 10.3. The number of unbranched alkanes of at least 4 members (excludes halogenated alkanes) is 1. The van der Waals surface area contributed by atoms with Crippen LogP contribution in [-0.4, -0.2) is 20.8 Å². The first-order valence-corrected chi connectivity index (χ1v) is 8.83. The van der Waals surface area contributed by atoms with E-state index < -0.39 is 8.32 Å². The van der Waals surface area contributed by atoms with E-state index in [4.69, 9.17) is 16.0 Å². The Kier molecular flexibility index (Phi) is 7.10. The number of rotatable bonds is 7. The van der Waals surface area contributed by atoms with E-state index >= 15 is 0 Å². The van der Waals surface area contributed by atoms with Gasteiger partial charge in [0.1, 0.15) is 0 Å². The molecule has 80 valence electrons. The van der Waals surface area contributed by atoms with Gasteiger partial charge in [0.15, 0.2) is 8.32 Å². The highest BCUT2D eigenvalue weighted by atomic mass is 35.5. The molecule has 0 aliphatic carbocycles. The summed E-state index contributed by atoms with van der Waals surface area (Å²) in [6.07, 6.45) is 2.19. The third-order valence-electron chi connectivity index (χ3n) is 1.92. The Bertz CT molecular complexity index is 126. The molecule has 1 nitrogen and oxygen atoms in total. The van der Waals surface area contributed by atoms with Crippen LogP contribution in [0.5, 0.6) is 0 Å². The summed E-state index contributed by atoms with van der Waals surface area (Å²) in [5.41, 5.74) is 0. The predicted molar refractivity (Wildman–Crippen MR) is 63.0 cm³/mol. The second-order valence-electron chi connectivity index (χ2n) is 4.60. The maximum Gasteiger partial charge on any atom is 0.186 e. The zero-order chi connectivity index (χ0) is 10.3. The van der Waals surface area contributed by atoms with Crippen LogP contribution < -0.4 is 0 Å². The van der Waals surface area contributed by atoms with Crippen LogP contribution >= 0.6 is 11.6 Å². The number of halogens is 1. The van der Waals surface area contributed by atoms with Crippen LogP contribution in [0, 0.1) is 5.92 Å². The van der Waals surface area contributed by atoms with Crippen LogP contribution in [-0.2, 0) is 4.43 Å². The summed E-state index contributed by atoms with van der Waals surface area (Å²) >= 11 is 5.59. The van der Waals surface area contributed by atoms with Gasteiger partial charge in [0, 0.05) is 12.5 Å². The van der Waals surface area contributed by atoms with Gasteiger partial charge in [-0.2, -0.15) is 0 Å². The topological polar surface area (TPSA) is 9.23 Å². The van der Waals surface area contributed by atoms with Crippen LogP contribution in [0.3, 0.4) is 0 Å². The summed E-state index contributed by atoms with van der Waals surface area (Å²) < 4.78 is 5.92. The Morgan fingerprint density at radius 1 is 1.23 bits per heavy atom. The number of hydrogen-bond donors (Lipinski definition) is 0. The lowest BCUT2D eigenvalue weighted by Gasteiger charge is -2.24. The first-order chi connectivity index (χ1) is 5.98. The van der Waals surface area contributed by atoms with Crippen molar-refractivity contribution in [3.05, 3.63) is 0 Å². The second kappa shape index (κ2) is 6.85. The summed E-state index contributed by atoms with van der Waals surface area (Å²) in [5, 5.41) is 0. The first-order valence-electron chi connectivity index (χ1n) is 5.18. The molecule has 0 N–H and O–H groups in total. The second-order valence-corrected chi connectivity index (χ2v) is 9.20. The van der Waals surface area contributed by atoms with Crippen LogP contribution in [0.1, 0.15) is 26.7 Å². The molecule has 0 amide bonds. The van der Waals surface area contributed by atoms with E-state index in [1.165, 1.54) is 6.04 Å². The third-order valence-corrected chi connectivity index (χ3v) is 4.97. The fraction of sp³-hybridized carbons (Fsp3) is 1.00. The SMILES string of the molecule is CC(C)C[Si](C)(C)OCCCCCl. The van der Waals surface area contributed by atoms with Crippen LogP contribution in [0.2, 0.25) is 19.1 Å². The fourth-order valence-electron chi connectivity index (χ4n) is 1.59. The Balaban J connectivity index is 3.50. The van der Waals surface area contributed by atoms with Crippen molar-refractivity contribution in [2.45, 2.75) is 45.8 Å². The van der Waals surface area contributed by atoms with Gasteiger partial charge in [-0.15, -0.1) is 11.6 Å². The van der Waals surface area contributed by atoms with E-state index in [0.717, 1.165) is 31.2 Å². The van der Waals surface area contributed by atoms with Crippen LogP contribution in [0.25, 0.3) is 0 Å². The van der Waals surface area contributed by atoms with Crippen molar-refractivity contribution in [1.82, 2.24) is 0 Å². The normalized spacial score (nSPS) is 12.5. The van der Waals surface area contributed by atoms with Crippen molar-refractivity contribution in [3.63, 3.8) is 0 Å². The van der Waals surface area contributed by atoms with Crippen LogP contribution in [0.15, 0.2) is 0 Å². The molecule has 0 aromatic carbocycles. The van der Waals surface area contributed by atoms with E-state index in [9.17, 15) is 0 Å². The van der Waals surface area contributed by atoms with Gasteiger partial charge in [0.25, 0.3) is 0 Å². The number of alkyl halides is 1. The molecular weight excluding hydrogens is 200 g/mol. The Labute approximate surface area is 88.9 Å². The highest BCUT2D eigenvalue weighted by Crippen LogP contribution is 2.17. The highest BCUT2D eigenvalue weighted by molar-refractivity contribution is 6.71. The van der Waals surface area contributed by atoms with Crippen molar-refractivity contribution >= 4 is 19.9 Å². The molecule has 0 saturated heterocycles. The fourth-order valence-corrected chi connectivity index (χ4v) is 4.56. The highest BCUT2D eigenvalue weighted by Gasteiger charge is 2.23. The van der Waals surface area contributed by atoms with Crippen molar-refractivity contribution in [3.8, 4) is 0 Å². The molecule has 0 radical (unpaired) electrons. The molecule has 0 aliphatic rings. The molecule has 0 unspecified atom stereocenters. The maximum atomic E-state index is 5.92. The van der Waals surface area contributed by atoms with Gasteiger partial charge in [-0.1, -0.05) is 13.8 Å². The molecule has 0 rings (SSSR count). The monoisotopic (exact) mass is 222 g/mol. The Morgan fingerprint density at radius 2 is 1.85 bits per heavy atom. The molecule has 13 heavy (non-hydrogen) atoms. The van der Waals surface area contributed by atoms with Crippen molar-refractivity contribution in [2.75, 3.05) is 12.5 Å². The minimum atomic E-state index is -1.36. The zero-order valence-electron chi connectivity index (χ0n) is 9.40. The summed E-state index contributed by atoms with van der Waals surface area (Å²) in [6.45, 7) is 10.0. The minimum Gasteiger partial charge on any atom is -0.417 e. The lowest BCUT2D eigenvalue weighted by Crippen LogP contribution is -2.32. The first kappa shape index (κ1) is 13.5. The number of hydrogen-bond acceptors (Lipinski definition) is 1.